The van der Waals surface area contributed by atoms with Crippen molar-refractivity contribution in [3.8, 4) is 0 Å². The predicted octanol–water partition coefficient (Wildman–Crippen LogP) is 2.46. The second-order valence-electron chi connectivity index (χ2n) is 2.07. The molecular formula is C8H9ClN2. The van der Waals surface area contributed by atoms with Crippen molar-refractivity contribution >= 4 is 16.8 Å². The van der Waals surface area contributed by atoms with E-state index in [1.54, 1.807) is 17.3 Å². The Balaban J connectivity index is 2.81. The first kappa shape index (κ1) is 8.08. The van der Waals surface area contributed by atoms with E-state index in [0.717, 1.165) is 5.70 Å². The van der Waals surface area contributed by atoms with Crippen molar-refractivity contribution in [1.29, 1.82) is 0 Å². The number of hydrogen-bond donors (Lipinski definition) is 0. The van der Waals surface area contributed by atoms with E-state index in [1.165, 1.54) is 0 Å². The molecule has 0 aliphatic carbocycles. The summed E-state index contributed by atoms with van der Waals surface area (Å²) in [4.78, 5) is 0. The molecule has 3 heteroatoms. The average Bonchev–Trinajstić information content (AvgIpc) is 1.98. The molecule has 0 aromatic rings. The summed E-state index contributed by atoms with van der Waals surface area (Å²) in [5.41, 5.74) is 0.813. The summed E-state index contributed by atoms with van der Waals surface area (Å²) in [6.07, 6.45) is 7.20. The molecule has 0 atom stereocenters. The molecule has 1 heterocycles. The van der Waals surface area contributed by atoms with Crippen LogP contribution in [0.2, 0.25) is 0 Å². The van der Waals surface area contributed by atoms with Crippen molar-refractivity contribution in [2.24, 2.45) is 5.10 Å². The Hall–Kier alpha value is -1.02. The van der Waals surface area contributed by atoms with Crippen molar-refractivity contribution in [2.75, 3.05) is 0 Å². The Morgan fingerprint density at radius 3 is 3.00 bits per heavy atom. The van der Waals surface area contributed by atoms with Crippen molar-refractivity contribution in [1.82, 2.24) is 5.01 Å². The standard InChI is InChI=1S/C8H9ClN2/c1-3-6-11-7(2)4-5-8(9)10-11/h3-6H,2H2,1H3/b6-3-. The lowest BCUT2D eigenvalue weighted by Gasteiger charge is -2.16. The smallest absolute Gasteiger partial charge is 0.150 e. The monoisotopic (exact) mass is 168 g/mol. The number of hydrazone groups is 1. The molecule has 58 valence electrons. The van der Waals surface area contributed by atoms with Gasteiger partial charge in [0.15, 0.2) is 0 Å². The minimum absolute atomic E-state index is 0.468. The SMILES string of the molecule is C=C1C=CC(Cl)=NN1/C=C\C. The highest BCUT2D eigenvalue weighted by Gasteiger charge is 2.04. The minimum Gasteiger partial charge on any atom is -0.241 e. The van der Waals surface area contributed by atoms with Gasteiger partial charge in [-0.05, 0) is 19.1 Å². The van der Waals surface area contributed by atoms with E-state index in [0.29, 0.717) is 5.17 Å². The van der Waals surface area contributed by atoms with Gasteiger partial charge in [0.25, 0.3) is 0 Å². The molecule has 1 aliphatic rings. The van der Waals surface area contributed by atoms with Gasteiger partial charge in [-0.15, -0.1) is 0 Å². The maximum atomic E-state index is 5.66. The highest BCUT2D eigenvalue weighted by Crippen LogP contribution is 2.12. The largest absolute Gasteiger partial charge is 0.241 e. The first-order chi connectivity index (χ1) is 5.24. The van der Waals surface area contributed by atoms with Crippen LogP contribution >= 0.6 is 11.6 Å². The summed E-state index contributed by atoms with van der Waals surface area (Å²) < 4.78 is 0. The average molecular weight is 169 g/mol. The fourth-order valence-corrected chi connectivity index (χ4v) is 0.857. The van der Waals surface area contributed by atoms with Crippen molar-refractivity contribution in [3.63, 3.8) is 0 Å². The van der Waals surface area contributed by atoms with Gasteiger partial charge < -0.3 is 0 Å². The summed E-state index contributed by atoms with van der Waals surface area (Å²) >= 11 is 5.66. The first-order valence-corrected chi connectivity index (χ1v) is 3.65. The van der Waals surface area contributed by atoms with Crippen LogP contribution in [0, 0.1) is 0 Å². The number of allylic oxidation sites excluding steroid dienone is 3. The van der Waals surface area contributed by atoms with Gasteiger partial charge in [0, 0.05) is 6.20 Å². The molecule has 11 heavy (non-hydrogen) atoms. The van der Waals surface area contributed by atoms with Gasteiger partial charge in [-0.3, -0.25) is 0 Å². The highest BCUT2D eigenvalue weighted by atomic mass is 35.5. The van der Waals surface area contributed by atoms with E-state index in [4.69, 9.17) is 11.6 Å². The Labute approximate surface area is 71.1 Å². The Morgan fingerprint density at radius 2 is 2.36 bits per heavy atom. The van der Waals surface area contributed by atoms with Crippen LogP contribution in [-0.2, 0) is 0 Å². The summed E-state index contributed by atoms with van der Waals surface area (Å²) in [5.74, 6) is 0. The van der Waals surface area contributed by atoms with Crippen LogP contribution in [0.3, 0.4) is 0 Å². The summed E-state index contributed by atoms with van der Waals surface area (Å²) in [7, 11) is 0. The fourth-order valence-electron chi connectivity index (χ4n) is 0.712. The van der Waals surface area contributed by atoms with E-state index in [1.807, 2.05) is 19.1 Å². The van der Waals surface area contributed by atoms with Gasteiger partial charge >= 0.3 is 0 Å². The first-order valence-electron chi connectivity index (χ1n) is 3.27. The molecule has 0 spiro atoms. The molecule has 0 bridgehead atoms. The number of hydrogen-bond acceptors (Lipinski definition) is 2. The van der Waals surface area contributed by atoms with Gasteiger partial charge in [0.1, 0.15) is 5.17 Å². The van der Waals surface area contributed by atoms with Crippen molar-refractivity contribution < 1.29 is 0 Å². The highest BCUT2D eigenvalue weighted by molar-refractivity contribution is 6.68. The Bertz CT molecular complexity index is 251. The normalized spacial score (nSPS) is 17.8. The molecule has 0 aromatic heterocycles. The molecule has 2 nitrogen and oxygen atoms in total. The Morgan fingerprint density at radius 1 is 1.64 bits per heavy atom. The van der Waals surface area contributed by atoms with Gasteiger partial charge in [-0.25, -0.2) is 5.01 Å². The molecule has 0 amide bonds. The summed E-state index contributed by atoms with van der Waals surface area (Å²) in [6.45, 7) is 5.68. The van der Waals surface area contributed by atoms with E-state index in [2.05, 4.69) is 11.7 Å². The van der Waals surface area contributed by atoms with Crippen LogP contribution in [0.4, 0.5) is 0 Å². The van der Waals surface area contributed by atoms with Gasteiger partial charge in [0.05, 0.1) is 5.70 Å². The summed E-state index contributed by atoms with van der Waals surface area (Å²) in [6, 6.07) is 0. The van der Waals surface area contributed by atoms with Crippen LogP contribution in [-0.4, -0.2) is 10.2 Å². The molecule has 0 saturated carbocycles. The van der Waals surface area contributed by atoms with E-state index in [9.17, 15) is 0 Å². The van der Waals surface area contributed by atoms with Crippen LogP contribution in [0.5, 0.6) is 0 Å². The molecule has 0 fully saturated rings. The molecule has 0 radical (unpaired) electrons. The molecule has 0 aromatic carbocycles. The maximum Gasteiger partial charge on any atom is 0.150 e. The van der Waals surface area contributed by atoms with Gasteiger partial charge in [-0.1, -0.05) is 24.3 Å². The third-order valence-electron chi connectivity index (χ3n) is 1.20. The number of halogens is 1. The quantitative estimate of drug-likeness (QED) is 0.587. The van der Waals surface area contributed by atoms with Gasteiger partial charge in [-0.2, -0.15) is 5.10 Å². The zero-order chi connectivity index (χ0) is 8.27. The maximum absolute atomic E-state index is 5.66. The van der Waals surface area contributed by atoms with Crippen LogP contribution in [0.25, 0.3) is 0 Å². The van der Waals surface area contributed by atoms with Gasteiger partial charge in [0.2, 0.25) is 0 Å². The third-order valence-corrected chi connectivity index (χ3v) is 1.40. The number of rotatable bonds is 1. The van der Waals surface area contributed by atoms with Crippen LogP contribution in [0.1, 0.15) is 6.92 Å². The molecule has 1 rings (SSSR count). The second kappa shape index (κ2) is 3.39. The summed E-state index contributed by atoms with van der Waals surface area (Å²) in [5, 5.41) is 6.09. The van der Waals surface area contributed by atoms with E-state index < -0.39 is 0 Å². The molecule has 0 N–H and O–H groups in total. The van der Waals surface area contributed by atoms with E-state index >= 15 is 0 Å². The van der Waals surface area contributed by atoms with Crippen LogP contribution < -0.4 is 0 Å². The number of nitrogens with zero attached hydrogens (tertiary/aromatic N) is 2. The van der Waals surface area contributed by atoms with Crippen molar-refractivity contribution in [2.45, 2.75) is 6.92 Å². The lowest BCUT2D eigenvalue weighted by Crippen LogP contribution is -2.11. The lowest BCUT2D eigenvalue weighted by atomic mass is 10.4. The minimum atomic E-state index is 0.468. The lowest BCUT2D eigenvalue weighted by molar-refractivity contribution is 0.514. The Kier molecular flexibility index (Phi) is 2.49. The predicted molar refractivity (Wildman–Crippen MR) is 48.2 cm³/mol. The molecule has 0 unspecified atom stereocenters. The second-order valence-corrected chi connectivity index (χ2v) is 2.46. The molecule has 0 saturated heterocycles. The molecular weight excluding hydrogens is 160 g/mol. The van der Waals surface area contributed by atoms with Crippen molar-refractivity contribution in [3.05, 3.63) is 36.7 Å². The van der Waals surface area contributed by atoms with Crippen LogP contribution in [0.15, 0.2) is 41.8 Å². The zero-order valence-corrected chi connectivity index (χ0v) is 7.04. The van der Waals surface area contributed by atoms with E-state index in [-0.39, 0.29) is 0 Å². The topological polar surface area (TPSA) is 15.6 Å². The fraction of sp³-hybridized carbons (Fsp3) is 0.125. The molecule has 1 aliphatic heterocycles. The third kappa shape index (κ3) is 1.95. The zero-order valence-electron chi connectivity index (χ0n) is 6.29.